The average molecular weight is 411 g/mol. The molecule has 0 atom stereocenters. The molecule has 1 N–H and O–H groups in total. The van der Waals surface area contributed by atoms with E-state index in [9.17, 15) is 4.79 Å². The van der Waals surface area contributed by atoms with Gasteiger partial charge >= 0.3 is 0 Å². The summed E-state index contributed by atoms with van der Waals surface area (Å²) in [7, 11) is 0. The molecule has 4 aromatic rings. The smallest absolute Gasteiger partial charge is 0.261 e. The van der Waals surface area contributed by atoms with Crippen LogP contribution in [0.3, 0.4) is 0 Å². The normalized spacial score (nSPS) is 11.8. The number of fused-ring (bicyclic) bond motifs is 1. The van der Waals surface area contributed by atoms with Crippen LogP contribution < -0.4 is 10.9 Å². The SMILES string of the molecule is Cc1ccc(NC(=O)c2cc3ccccc3oc2=Nc2ccc(C(C)C)cc2)c(C)c1. The quantitative estimate of drug-likeness (QED) is 0.409. The number of rotatable bonds is 4. The highest BCUT2D eigenvalue weighted by Gasteiger charge is 2.14. The van der Waals surface area contributed by atoms with Gasteiger partial charge in [0.1, 0.15) is 11.1 Å². The molecule has 1 heterocycles. The lowest BCUT2D eigenvalue weighted by Gasteiger charge is -2.10. The van der Waals surface area contributed by atoms with Gasteiger partial charge in [-0.05, 0) is 61.2 Å². The molecule has 4 heteroatoms. The summed E-state index contributed by atoms with van der Waals surface area (Å²) in [4.78, 5) is 17.9. The van der Waals surface area contributed by atoms with E-state index in [0.29, 0.717) is 22.6 Å². The Hall–Kier alpha value is -3.66. The zero-order chi connectivity index (χ0) is 22.0. The third kappa shape index (κ3) is 4.58. The summed E-state index contributed by atoms with van der Waals surface area (Å²) < 4.78 is 6.06. The van der Waals surface area contributed by atoms with Crippen LogP contribution in [0.1, 0.15) is 46.8 Å². The van der Waals surface area contributed by atoms with Gasteiger partial charge in [-0.2, -0.15) is 0 Å². The first-order valence-electron chi connectivity index (χ1n) is 10.5. The topological polar surface area (TPSA) is 54.6 Å². The largest absolute Gasteiger partial charge is 0.438 e. The van der Waals surface area contributed by atoms with E-state index in [1.165, 1.54) is 5.56 Å². The molecule has 156 valence electrons. The van der Waals surface area contributed by atoms with E-state index in [2.05, 4.69) is 36.3 Å². The molecule has 0 aliphatic heterocycles. The maximum Gasteiger partial charge on any atom is 0.261 e. The summed E-state index contributed by atoms with van der Waals surface area (Å²) in [6.45, 7) is 8.32. The van der Waals surface area contributed by atoms with E-state index in [1.54, 1.807) is 0 Å². The number of amides is 1. The predicted octanol–water partition coefficient (Wildman–Crippen LogP) is 6.66. The van der Waals surface area contributed by atoms with Crippen molar-refractivity contribution in [1.29, 1.82) is 0 Å². The minimum atomic E-state index is -0.251. The van der Waals surface area contributed by atoms with Gasteiger partial charge in [-0.15, -0.1) is 0 Å². The maximum absolute atomic E-state index is 13.2. The third-order valence-electron chi connectivity index (χ3n) is 5.32. The highest BCUT2D eigenvalue weighted by molar-refractivity contribution is 6.05. The van der Waals surface area contributed by atoms with Crippen molar-refractivity contribution in [3.8, 4) is 0 Å². The number of carbonyl (C=O) groups excluding carboxylic acids is 1. The molecule has 4 rings (SSSR count). The molecule has 0 radical (unpaired) electrons. The molecule has 0 bridgehead atoms. The Morgan fingerprint density at radius 1 is 0.935 bits per heavy atom. The number of anilines is 1. The molecule has 4 nitrogen and oxygen atoms in total. The predicted molar refractivity (Wildman–Crippen MR) is 126 cm³/mol. The number of aryl methyl sites for hydroxylation is 2. The van der Waals surface area contributed by atoms with Crippen LogP contribution >= 0.6 is 0 Å². The second-order valence-corrected chi connectivity index (χ2v) is 8.13. The summed E-state index contributed by atoms with van der Waals surface area (Å²) in [5.41, 5.74) is 6.28. The monoisotopic (exact) mass is 410 g/mol. The number of hydrogen-bond donors (Lipinski definition) is 1. The average Bonchev–Trinajstić information content (AvgIpc) is 2.75. The molecule has 0 saturated carbocycles. The van der Waals surface area contributed by atoms with Gasteiger partial charge in [-0.25, -0.2) is 4.99 Å². The van der Waals surface area contributed by atoms with Crippen LogP contribution in [0.15, 0.2) is 82.2 Å². The lowest BCUT2D eigenvalue weighted by atomic mass is 10.0. The van der Waals surface area contributed by atoms with Crippen LogP contribution in [0.5, 0.6) is 0 Å². The van der Waals surface area contributed by atoms with E-state index in [4.69, 9.17) is 4.42 Å². The van der Waals surface area contributed by atoms with Crippen molar-refractivity contribution in [2.45, 2.75) is 33.6 Å². The number of hydrogen-bond acceptors (Lipinski definition) is 3. The number of carbonyl (C=O) groups is 1. The van der Waals surface area contributed by atoms with Crippen molar-refractivity contribution in [3.05, 3.63) is 101 Å². The minimum Gasteiger partial charge on any atom is -0.438 e. The molecule has 1 amide bonds. The van der Waals surface area contributed by atoms with Crippen LogP contribution in [0.25, 0.3) is 11.0 Å². The van der Waals surface area contributed by atoms with Crippen LogP contribution in [-0.2, 0) is 0 Å². The van der Waals surface area contributed by atoms with Crippen LogP contribution in [0.2, 0.25) is 0 Å². The molecule has 0 aliphatic carbocycles. The minimum absolute atomic E-state index is 0.251. The zero-order valence-corrected chi connectivity index (χ0v) is 18.3. The fourth-order valence-electron chi connectivity index (χ4n) is 3.51. The van der Waals surface area contributed by atoms with Crippen LogP contribution in [0, 0.1) is 13.8 Å². The van der Waals surface area contributed by atoms with E-state index in [-0.39, 0.29) is 5.91 Å². The van der Waals surface area contributed by atoms with E-state index < -0.39 is 0 Å². The second kappa shape index (κ2) is 8.60. The van der Waals surface area contributed by atoms with Crippen molar-refractivity contribution >= 4 is 28.3 Å². The molecule has 0 fully saturated rings. The Balaban J connectivity index is 1.80. The van der Waals surface area contributed by atoms with Gasteiger partial charge < -0.3 is 9.73 Å². The van der Waals surface area contributed by atoms with E-state index in [0.717, 1.165) is 27.9 Å². The van der Waals surface area contributed by atoms with Gasteiger partial charge in [0.15, 0.2) is 0 Å². The Bertz CT molecular complexity index is 1320. The van der Waals surface area contributed by atoms with Crippen LogP contribution in [0.4, 0.5) is 11.4 Å². The first-order chi connectivity index (χ1) is 14.9. The van der Waals surface area contributed by atoms with Gasteiger partial charge in [0, 0.05) is 11.1 Å². The molecule has 0 aliphatic rings. The number of para-hydroxylation sites is 1. The highest BCUT2D eigenvalue weighted by Crippen LogP contribution is 2.21. The Kier molecular flexibility index (Phi) is 5.72. The van der Waals surface area contributed by atoms with E-state index in [1.807, 2.05) is 74.5 Å². The molecule has 0 spiro atoms. The number of nitrogens with one attached hydrogen (secondary N) is 1. The van der Waals surface area contributed by atoms with Gasteiger partial charge in [0.05, 0.1) is 5.69 Å². The van der Waals surface area contributed by atoms with Gasteiger partial charge in [-0.1, -0.05) is 61.9 Å². The number of benzene rings is 3. The summed E-state index contributed by atoms with van der Waals surface area (Å²) in [5, 5.41) is 3.86. The molecular weight excluding hydrogens is 384 g/mol. The van der Waals surface area contributed by atoms with Crippen molar-refractivity contribution in [3.63, 3.8) is 0 Å². The van der Waals surface area contributed by atoms with Crippen molar-refractivity contribution in [1.82, 2.24) is 0 Å². The molecule has 3 aromatic carbocycles. The molecule has 0 unspecified atom stereocenters. The lowest BCUT2D eigenvalue weighted by Crippen LogP contribution is -2.22. The fourth-order valence-corrected chi connectivity index (χ4v) is 3.51. The number of nitrogens with zero attached hydrogens (tertiary/aromatic N) is 1. The third-order valence-corrected chi connectivity index (χ3v) is 5.32. The molecular formula is C27H26N2O2. The molecule has 31 heavy (non-hydrogen) atoms. The lowest BCUT2D eigenvalue weighted by molar-refractivity contribution is 0.102. The summed E-state index contributed by atoms with van der Waals surface area (Å²) in [5.74, 6) is 0.192. The molecule has 0 saturated heterocycles. The van der Waals surface area contributed by atoms with Gasteiger partial charge in [-0.3, -0.25) is 4.79 Å². The van der Waals surface area contributed by atoms with Crippen molar-refractivity contribution < 1.29 is 9.21 Å². The Morgan fingerprint density at radius 2 is 1.68 bits per heavy atom. The first-order valence-corrected chi connectivity index (χ1v) is 10.5. The summed E-state index contributed by atoms with van der Waals surface area (Å²) in [6.07, 6.45) is 0. The first kappa shape index (κ1) is 20.6. The van der Waals surface area contributed by atoms with Crippen LogP contribution in [-0.4, -0.2) is 5.91 Å². The van der Waals surface area contributed by atoms with E-state index >= 15 is 0 Å². The summed E-state index contributed by atoms with van der Waals surface area (Å²) in [6, 6.07) is 23.4. The fraction of sp³-hybridized carbons (Fsp3) is 0.185. The van der Waals surface area contributed by atoms with Crippen molar-refractivity contribution in [2.75, 3.05) is 5.32 Å². The maximum atomic E-state index is 13.2. The Labute approximate surface area is 182 Å². The highest BCUT2D eigenvalue weighted by atomic mass is 16.3. The van der Waals surface area contributed by atoms with Gasteiger partial charge in [0.2, 0.25) is 5.55 Å². The standard InChI is InChI=1S/C27H26N2O2/c1-17(2)20-10-12-22(13-11-20)28-27-23(16-21-7-5-6-8-25(21)31-27)26(30)29-24-14-9-18(3)15-19(24)4/h5-17H,1-4H3,(H,29,30). The second-order valence-electron chi connectivity index (χ2n) is 8.13. The van der Waals surface area contributed by atoms with Gasteiger partial charge in [0.25, 0.3) is 5.91 Å². The van der Waals surface area contributed by atoms with Crippen molar-refractivity contribution in [2.24, 2.45) is 4.99 Å². The Morgan fingerprint density at radius 3 is 2.39 bits per heavy atom. The molecule has 1 aromatic heterocycles. The zero-order valence-electron chi connectivity index (χ0n) is 18.3. The summed E-state index contributed by atoms with van der Waals surface area (Å²) >= 11 is 0.